The number of aryl methyl sites for hydroxylation is 3. The Morgan fingerprint density at radius 2 is 1.55 bits per heavy atom. The molecule has 0 aliphatic carbocycles. The average Bonchev–Trinajstić information content (AvgIpc) is 2.72. The molecule has 0 radical (unpaired) electrons. The fraction of sp³-hybridized carbons (Fsp3) is 0.240. The molecule has 0 fully saturated rings. The lowest BCUT2D eigenvalue weighted by atomic mass is 10.1. The van der Waals surface area contributed by atoms with Crippen LogP contribution < -0.4 is 10.0 Å². The minimum atomic E-state index is -3.85. The molecule has 0 aliphatic heterocycles. The first kappa shape index (κ1) is 22.6. The van der Waals surface area contributed by atoms with Crippen molar-refractivity contribution in [3.05, 3.63) is 94.0 Å². The summed E-state index contributed by atoms with van der Waals surface area (Å²) < 4.78 is 28.9. The standard InChI is InChI=1S/C25H28N2O3S/c1-16-9-12-21(13-10-16)20(5)26-25(28)22-14-11-18(3)24(15-22)31(29,30)27-23-8-6-7-17(2)19(23)4/h6-15,20,27H,1-5H3,(H,26,28). The first-order chi connectivity index (χ1) is 14.6. The normalized spacial score (nSPS) is 12.3. The zero-order valence-electron chi connectivity index (χ0n) is 18.5. The van der Waals surface area contributed by atoms with Gasteiger partial charge < -0.3 is 5.32 Å². The van der Waals surface area contributed by atoms with Crippen LogP contribution >= 0.6 is 0 Å². The second kappa shape index (κ2) is 8.94. The van der Waals surface area contributed by atoms with Crippen molar-refractivity contribution < 1.29 is 13.2 Å². The molecule has 1 unspecified atom stereocenters. The molecule has 0 saturated carbocycles. The van der Waals surface area contributed by atoms with Crippen LogP contribution in [0.25, 0.3) is 0 Å². The first-order valence-corrected chi connectivity index (χ1v) is 11.6. The van der Waals surface area contributed by atoms with E-state index in [1.54, 1.807) is 25.1 Å². The van der Waals surface area contributed by atoms with Crippen molar-refractivity contribution in [2.75, 3.05) is 4.72 Å². The van der Waals surface area contributed by atoms with E-state index in [4.69, 9.17) is 0 Å². The van der Waals surface area contributed by atoms with Gasteiger partial charge in [0, 0.05) is 5.56 Å². The van der Waals surface area contributed by atoms with Crippen LogP contribution in [0.1, 0.15) is 51.1 Å². The van der Waals surface area contributed by atoms with E-state index in [1.165, 1.54) is 6.07 Å². The van der Waals surface area contributed by atoms with Crippen molar-refractivity contribution >= 4 is 21.6 Å². The summed E-state index contributed by atoms with van der Waals surface area (Å²) >= 11 is 0. The van der Waals surface area contributed by atoms with Crippen molar-refractivity contribution in [1.82, 2.24) is 5.32 Å². The largest absolute Gasteiger partial charge is 0.346 e. The van der Waals surface area contributed by atoms with Crippen LogP contribution in [-0.4, -0.2) is 14.3 Å². The number of rotatable bonds is 6. The first-order valence-electron chi connectivity index (χ1n) is 10.2. The number of nitrogens with one attached hydrogen (secondary N) is 2. The van der Waals surface area contributed by atoms with Gasteiger partial charge in [-0.25, -0.2) is 8.42 Å². The molecule has 3 rings (SSSR count). The van der Waals surface area contributed by atoms with Crippen LogP contribution in [0.15, 0.2) is 65.6 Å². The number of carbonyl (C=O) groups excluding carboxylic acids is 1. The van der Waals surface area contributed by atoms with Crippen molar-refractivity contribution in [2.45, 2.75) is 45.6 Å². The highest BCUT2D eigenvalue weighted by Gasteiger charge is 2.21. The molecular formula is C25H28N2O3S. The van der Waals surface area contributed by atoms with Gasteiger partial charge >= 0.3 is 0 Å². The molecule has 3 aromatic carbocycles. The lowest BCUT2D eigenvalue weighted by Crippen LogP contribution is -2.27. The summed E-state index contributed by atoms with van der Waals surface area (Å²) in [4.78, 5) is 12.9. The van der Waals surface area contributed by atoms with Gasteiger partial charge in [0.2, 0.25) is 0 Å². The lowest BCUT2D eigenvalue weighted by molar-refractivity contribution is 0.0939. The Balaban J connectivity index is 1.85. The summed E-state index contributed by atoms with van der Waals surface area (Å²) in [7, 11) is -3.85. The highest BCUT2D eigenvalue weighted by molar-refractivity contribution is 7.92. The van der Waals surface area contributed by atoms with Crippen LogP contribution in [0.2, 0.25) is 0 Å². The molecule has 2 N–H and O–H groups in total. The van der Waals surface area contributed by atoms with Gasteiger partial charge in [0.15, 0.2) is 0 Å². The number of hydrogen-bond acceptors (Lipinski definition) is 3. The molecule has 1 atom stereocenters. The van der Waals surface area contributed by atoms with Crippen LogP contribution in [0.3, 0.4) is 0 Å². The van der Waals surface area contributed by atoms with E-state index >= 15 is 0 Å². The third-order valence-electron chi connectivity index (χ3n) is 5.51. The zero-order valence-corrected chi connectivity index (χ0v) is 19.3. The summed E-state index contributed by atoms with van der Waals surface area (Å²) in [6.45, 7) is 9.42. The predicted octanol–water partition coefficient (Wildman–Crippen LogP) is 5.21. The zero-order chi connectivity index (χ0) is 22.8. The SMILES string of the molecule is Cc1ccc(C(C)NC(=O)c2ccc(C)c(S(=O)(=O)Nc3cccc(C)c3C)c2)cc1. The van der Waals surface area contributed by atoms with Crippen LogP contribution in [-0.2, 0) is 10.0 Å². The molecular weight excluding hydrogens is 408 g/mol. The van der Waals surface area contributed by atoms with Gasteiger partial charge in [0.1, 0.15) is 0 Å². The Kier molecular flexibility index (Phi) is 6.51. The number of carbonyl (C=O) groups is 1. The monoisotopic (exact) mass is 436 g/mol. The smallest absolute Gasteiger partial charge is 0.262 e. The minimum Gasteiger partial charge on any atom is -0.346 e. The molecule has 0 aromatic heterocycles. The summed E-state index contributed by atoms with van der Waals surface area (Å²) in [6, 6.07) is 17.9. The lowest BCUT2D eigenvalue weighted by Gasteiger charge is -2.17. The average molecular weight is 437 g/mol. The number of amides is 1. The fourth-order valence-corrected chi connectivity index (χ4v) is 4.71. The second-order valence-electron chi connectivity index (χ2n) is 7.94. The van der Waals surface area contributed by atoms with E-state index in [2.05, 4.69) is 10.0 Å². The Labute approximate surface area is 184 Å². The van der Waals surface area contributed by atoms with Crippen LogP contribution in [0.4, 0.5) is 5.69 Å². The van der Waals surface area contributed by atoms with E-state index < -0.39 is 10.0 Å². The maximum Gasteiger partial charge on any atom is 0.262 e. The van der Waals surface area contributed by atoms with Gasteiger partial charge in [0.05, 0.1) is 16.6 Å². The Hall–Kier alpha value is -3.12. The quantitative estimate of drug-likeness (QED) is 0.557. The van der Waals surface area contributed by atoms with Gasteiger partial charge in [-0.05, 0) is 75.1 Å². The van der Waals surface area contributed by atoms with Gasteiger partial charge in [0.25, 0.3) is 15.9 Å². The second-order valence-corrected chi connectivity index (χ2v) is 9.59. The molecule has 162 valence electrons. The molecule has 0 spiro atoms. The van der Waals surface area contributed by atoms with E-state index in [0.717, 1.165) is 22.3 Å². The summed E-state index contributed by atoms with van der Waals surface area (Å²) in [5.41, 5.74) is 5.39. The van der Waals surface area contributed by atoms with Crippen molar-refractivity contribution in [3.63, 3.8) is 0 Å². The fourth-order valence-electron chi connectivity index (χ4n) is 3.31. The van der Waals surface area contributed by atoms with E-state index in [0.29, 0.717) is 16.8 Å². The highest BCUT2D eigenvalue weighted by Crippen LogP contribution is 2.25. The number of sulfonamides is 1. The maximum atomic E-state index is 13.1. The van der Waals surface area contributed by atoms with Gasteiger partial charge in [-0.15, -0.1) is 0 Å². The molecule has 0 aliphatic rings. The third kappa shape index (κ3) is 5.14. The topological polar surface area (TPSA) is 75.3 Å². The molecule has 0 bridgehead atoms. The minimum absolute atomic E-state index is 0.0871. The van der Waals surface area contributed by atoms with Crippen LogP contribution in [0, 0.1) is 27.7 Å². The van der Waals surface area contributed by atoms with Gasteiger partial charge in [-0.2, -0.15) is 0 Å². The molecule has 31 heavy (non-hydrogen) atoms. The molecule has 0 saturated heterocycles. The highest BCUT2D eigenvalue weighted by atomic mass is 32.2. The predicted molar refractivity (Wildman–Crippen MR) is 125 cm³/mol. The van der Waals surface area contributed by atoms with E-state index in [1.807, 2.05) is 64.1 Å². The van der Waals surface area contributed by atoms with E-state index in [-0.39, 0.29) is 16.8 Å². The summed E-state index contributed by atoms with van der Waals surface area (Å²) in [6.07, 6.45) is 0. The Bertz CT molecular complexity index is 1220. The molecule has 1 amide bonds. The van der Waals surface area contributed by atoms with Crippen molar-refractivity contribution in [2.24, 2.45) is 0 Å². The number of hydrogen-bond donors (Lipinski definition) is 2. The summed E-state index contributed by atoms with van der Waals surface area (Å²) in [5, 5.41) is 2.94. The Morgan fingerprint density at radius 1 is 0.871 bits per heavy atom. The van der Waals surface area contributed by atoms with Crippen LogP contribution in [0.5, 0.6) is 0 Å². The van der Waals surface area contributed by atoms with E-state index in [9.17, 15) is 13.2 Å². The summed E-state index contributed by atoms with van der Waals surface area (Å²) in [5.74, 6) is -0.323. The Morgan fingerprint density at radius 3 is 2.23 bits per heavy atom. The molecule has 0 heterocycles. The third-order valence-corrected chi connectivity index (χ3v) is 7.02. The van der Waals surface area contributed by atoms with Crippen molar-refractivity contribution in [1.29, 1.82) is 0 Å². The van der Waals surface area contributed by atoms with Crippen molar-refractivity contribution in [3.8, 4) is 0 Å². The number of anilines is 1. The number of benzene rings is 3. The molecule has 6 heteroatoms. The van der Waals surface area contributed by atoms with Gasteiger partial charge in [-0.1, -0.05) is 48.0 Å². The van der Waals surface area contributed by atoms with Gasteiger partial charge in [-0.3, -0.25) is 9.52 Å². The maximum absolute atomic E-state index is 13.1. The molecule has 3 aromatic rings. The molecule has 5 nitrogen and oxygen atoms in total.